The minimum absolute atomic E-state index is 0.185. The number of fused-ring (bicyclic) bond motifs is 15. The fourth-order valence-corrected chi connectivity index (χ4v) is 10.7. The molecule has 0 fully saturated rings. The van der Waals surface area contributed by atoms with Gasteiger partial charge in [0, 0.05) is 38.4 Å². The molecule has 2 aromatic heterocycles. The molecule has 0 N–H and O–H groups in total. The zero-order valence-electron chi connectivity index (χ0n) is 32.9. The predicted molar refractivity (Wildman–Crippen MR) is 238 cm³/mol. The van der Waals surface area contributed by atoms with Crippen molar-refractivity contribution in [3.05, 3.63) is 209 Å². The highest BCUT2D eigenvalue weighted by atomic mass is 16.5. The number of furan rings is 1. The van der Waals surface area contributed by atoms with Gasteiger partial charge in [-0.3, -0.25) is 0 Å². The first-order valence-electron chi connectivity index (χ1n) is 20.5. The zero-order chi connectivity index (χ0) is 39.7. The van der Waals surface area contributed by atoms with Crippen molar-refractivity contribution < 1.29 is 9.15 Å². The Balaban J connectivity index is 1.13. The van der Waals surface area contributed by atoms with Crippen LogP contribution in [0.3, 0.4) is 0 Å². The first-order chi connectivity index (χ1) is 29.5. The highest BCUT2D eigenvalue weighted by Gasteiger charge is 2.51. The van der Waals surface area contributed by atoms with Gasteiger partial charge in [-0.1, -0.05) is 166 Å². The molecular formula is C55H35N3O2. The van der Waals surface area contributed by atoms with Gasteiger partial charge in [0.25, 0.3) is 0 Å². The Morgan fingerprint density at radius 1 is 0.367 bits per heavy atom. The molecule has 282 valence electrons. The molecule has 5 nitrogen and oxygen atoms in total. The van der Waals surface area contributed by atoms with Crippen LogP contribution >= 0.6 is 0 Å². The third-order valence-electron chi connectivity index (χ3n) is 13.2. The largest absolute Gasteiger partial charge is 0.457 e. The molecule has 0 bridgehead atoms. The summed E-state index contributed by atoms with van der Waals surface area (Å²) < 4.78 is 13.3. The van der Waals surface area contributed by atoms with Gasteiger partial charge in [-0.2, -0.15) is 0 Å². The van der Waals surface area contributed by atoms with Crippen molar-refractivity contribution in [2.75, 3.05) is 0 Å². The summed E-state index contributed by atoms with van der Waals surface area (Å²) in [6, 6.07) is 62.1. The first kappa shape index (κ1) is 33.4. The van der Waals surface area contributed by atoms with Gasteiger partial charge in [-0.05, 0) is 68.8 Å². The number of aromatic nitrogens is 3. The molecule has 0 amide bonds. The lowest BCUT2D eigenvalue weighted by Crippen LogP contribution is -2.32. The number of hydrogen-bond acceptors (Lipinski definition) is 5. The summed E-state index contributed by atoms with van der Waals surface area (Å²) in [6.45, 7) is 4.61. The molecule has 0 atom stereocenters. The smallest absolute Gasteiger partial charge is 0.167 e. The van der Waals surface area contributed by atoms with E-state index in [1.807, 2.05) is 18.2 Å². The van der Waals surface area contributed by atoms with Gasteiger partial charge >= 0.3 is 0 Å². The Morgan fingerprint density at radius 3 is 1.52 bits per heavy atom. The van der Waals surface area contributed by atoms with Crippen molar-refractivity contribution in [1.29, 1.82) is 0 Å². The molecule has 0 saturated carbocycles. The normalized spacial score (nSPS) is 14.6. The molecule has 10 aromatic rings. The van der Waals surface area contributed by atoms with E-state index in [9.17, 15) is 0 Å². The van der Waals surface area contributed by atoms with Crippen molar-refractivity contribution >= 4 is 21.9 Å². The van der Waals surface area contributed by atoms with Crippen LogP contribution in [-0.2, 0) is 10.8 Å². The van der Waals surface area contributed by atoms with Gasteiger partial charge in [0.15, 0.2) is 17.5 Å². The van der Waals surface area contributed by atoms with Crippen molar-refractivity contribution in [2.24, 2.45) is 0 Å². The van der Waals surface area contributed by atoms with Crippen LogP contribution in [0, 0.1) is 0 Å². The number of benzene rings is 8. The molecule has 3 aliphatic rings. The number of rotatable bonds is 3. The number of ether oxygens (including phenoxy) is 1. The number of para-hydroxylation sites is 4. The van der Waals surface area contributed by atoms with Gasteiger partial charge < -0.3 is 9.15 Å². The van der Waals surface area contributed by atoms with E-state index >= 15 is 0 Å². The van der Waals surface area contributed by atoms with Crippen LogP contribution in [0.5, 0.6) is 11.5 Å². The molecule has 3 heterocycles. The maximum atomic E-state index is 6.63. The van der Waals surface area contributed by atoms with E-state index in [4.69, 9.17) is 24.1 Å². The Bertz CT molecular complexity index is 3420. The molecule has 1 aliphatic heterocycles. The van der Waals surface area contributed by atoms with E-state index in [1.54, 1.807) is 0 Å². The third kappa shape index (κ3) is 4.28. The third-order valence-corrected chi connectivity index (χ3v) is 13.2. The minimum atomic E-state index is -0.624. The van der Waals surface area contributed by atoms with Crippen LogP contribution in [-0.4, -0.2) is 15.0 Å². The summed E-state index contributed by atoms with van der Waals surface area (Å²) in [7, 11) is 0. The lowest BCUT2D eigenvalue weighted by atomic mass is 9.66. The molecule has 0 unspecified atom stereocenters. The molecule has 13 rings (SSSR count). The quantitative estimate of drug-likeness (QED) is 0.179. The van der Waals surface area contributed by atoms with Crippen LogP contribution in [0.2, 0.25) is 0 Å². The van der Waals surface area contributed by atoms with Crippen LogP contribution in [0.1, 0.15) is 47.2 Å². The lowest BCUT2D eigenvalue weighted by molar-refractivity contribution is 0.436. The van der Waals surface area contributed by atoms with Crippen molar-refractivity contribution in [1.82, 2.24) is 15.0 Å². The maximum absolute atomic E-state index is 6.63. The lowest BCUT2D eigenvalue weighted by Gasteiger charge is -2.39. The topological polar surface area (TPSA) is 61.0 Å². The highest BCUT2D eigenvalue weighted by molar-refractivity contribution is 6.09. The maximum Gasteiger partial charge on any atom is 0.167 e. The predicted octanol–water partition coefficient (Wildman–Crippen LogP) is 13.5. The zero-order valence-corrected chi connectivity index (χ0v) is 32.9. The van der Waals surface area contributed by atoms with Gasteiger partial charge in [0.1, 0.15) is 22.7 Å². The molecule has 5 heteroatoms. The van der Waals surface area contributed by atoms with E-state index in [0.717, 1.165) is 72.4 Å². The summed E-state index contributed by atoms with van der Waals surface area (Å²) in [4.78, 5) is 16.4. The summed E-state index contributed by atoms with van der Waals surface area (Å²) >= 11 is 0. The summed E-state index contributed by atoms with van der Waals surface area (Å²) in [5.41, 5.74) is 15.3. The Labute approximate surface area is 346 Å². The Kier molecular flexibility index (Phi) is 6.65. The van der Waals surface area contributed by atoms with Gasteiger partial charge in [0.05, 0.1) is 11.0 Å². The number of hydrogen-bond donors (Lipinski definition) is 0. The summed E-state index contributed by atoms with van der Waals surface area (Å²) in [6.07, 6.45) is 0. The summed E-state index contributed by atoms with van der Waals surface area (Å²) in [5, 5.41) is 2.08. The molecular weight excluding hydrogens is 735 g/mol. The van der Waals surface area contributed by atoms with E-state index in [-0.39, 0.29) is 5.41 Å². The average Bonchev–Trinajstić information content (AvgIpc) is 3.91. The fraction of sp³-hybridized carbons (Fsp3) is 0.0727. The fourth-order valence-electron chi connectivity index (χ4n) is 10.7. The molecule has 1 spiro atoms. The van der Waals surface area contributed by atoms with Crippen molar-refractivity contribution in [3.63, 3.8) is 0 Å². The SMILES string of the molecule is CC1(C)c2ccccc2-c2c(-c3nc(-c4cccc5c4-c4ccccc4C54c5ccccc5Oc5ccccc54)nc(-c4cccc5c4oc4ccccc45)n3)cccc21. The molecule has 8 aromatic carbocycles. The Morgan fingerprint density at radius 2 is 0.817 bits per heavy atom. The molecule has 0 saturated heterocycles. The van der Waals surface area contributed by atoms with Crippen LogP contribution in [0.15, 0.2) is 180 Å². The van der Waals surface area contributed by atoms with E-state index in [2.05, 4.69) is 172 Å². The number of nitrogens with zero attached hydrogens (tertiary/aromatic N) is 3. The van der Waals surface area contributed by atoms with Crippen LogP contribution in [0.25, 0.3) is 78.4 Å². The first-order valence-corrected chi connectivity index (χ1v) is 20.5. The van der Waals surface area contributed by atoms with Gasteiger partial charge in [-0.15, -0.1) is 0 Å². The van der Waals surface area contributed by atoms with Gasteiger partial charge in [-0.25, -0.2) is 15.0 Å². The monoisotopic (exact) mass is 769 g/mol. The molecule has 60 heavy (non-hydrogen) atoms. The second-order valence-electron chi connectivity index (χ2n) is 16.6. The second kappa shape index (κ2) is 12.0. The van der Waals surface area contributed by atoms with Crippen LogP contribution in [0.4, 0.5) is 0 Å². The standard InChI is InChI=1S/C55H35N3O2/c1-54(2)39-23-6-3-17-34(39)48-36(20-14-27-43(48)54)51-56-52(58-53(57-51)38-22-13-19-33-32-16-5-10-29-45(32)60-50(33)38)37-21-15-28-44-49(37)35-18-4-7-24-40(35)55(44)41-25-8-11-30-46(41)59-47-31-12-9-26-42(47)55/h3-31H,1-2H3. The van der Waals surface area contributed by atoms with E-state index < -0.39 is 5.41 Å². The van der Waals surface area contributed by atoms with Gasteiger partial charge in [0.2, 0.25) is 0 Å². The Hall–Kier alpha value is -7.63. The molecule has 2 aliphatic carbocycles. The average molecular weight is 770 g/mol. The van der Waals surface area contributed by atoms with E-state index in [1.165, 1.54) is 33.4 Å². The van der Waals surface area contributed by atoms with Crippen molar-refractivity contribution in [3.8, 4) is 67.9 Å². The molecule has 0 radical (unpaired) electrons. The second-order valence-corrected chi connectivity index (χ2v) is 16.6. The van der Waals surface area contributed by atoms with Crippen molar-refractivity contribution in [2.45, 2.75) is 24.7 Å². The highest BCUT2D eigenvalue weighted by Crippen LogP contribution is 2.63. The van der Waals surface area contributed by atoms with E-state index in [0.29, 0.717) is 17.5 Å². The summed E-state index contributed by atoms with van der Waals surface area (Å²) in [5.74, 6) is 3.49. The minimum Gasteiger partial charge on any atom is -0.457 e. The van der Waals surface area contributed by atoms with Crippen LogP contribution < -0.4 is 4.74 Å².